The van der Waals surface area contributed by atoms with Gasteiger partial charge in [0.15, 0.2) is 5.78 Å². The van der Waals surface area contributed by atoms with Crippen molar-refractivity contribution < 1.29 is 9.90 Å². The molecule has 1 N–H and O–H groups in total. The van der Waals surface area contributed by atoms with Gasteiger partial charge >= 0.3 is 0 Å². The Labute approximate surface area is 209 Å². The maximum absolute atomic E-state index is 12.1. The number of nitrogens with zero attached hydrogens (tertiary/aromatic N) is 1. The molecular weight excluding hydrogens is 430 g/mol. The molecule has 0 radical (unpaired) electrons. The van der Waals surface area contributed by atoms with Crippen molar-refractivity contribution in [3.8, 4) is 23.1 Å². The smallest absolute Gasteiger partial charge is 0.155 e. The number of aromatic nitrogens is 1. The number of carbonyl (C=O) groups excluding carboxylic acids is 1. The van der Waals surface area contributed by atoms with Gasteiger partial charge in [0.1, 0.15) is 5.60 Å². The van der Waals surface area contributed by atoms with E-state index in [2.05, 4.69) is 35.9 Å². The zero-order chi connectivity index (χ0) is 24.0. The Morgan fingerprint density at radius 2 is 1.89 bits per heavy atom. The third kappa shape index (κ3) is 3.69. The van der Waals surface area contributed by atoms with Crippen LogP contribution in [0, 0.1) is 40.9 Å². The van der Waals surface area contributed by atoms with Gasteiger partial charge in [-0.3, -0.25) is 9.78 Å². The minimum atomic E-state index is -0.938. The number of ketones is 1. The average molecular weight is 466 g/mol. The SMILES string of the molecule is CC[C@]12CCC3C4CCC(=O)C=C4CCC3C1CC[C@@]2(O)C#Cc1ccnc(-c2ccccc2)c1. The van der Waals surface area contributed by atoms with Crippen LogP contribution >= 0.6 is 0 Å². The topological polar surface area (TPSA) is 50.2 Å². The van der Waals surface area contributed by atoms with E-state index < -0.39 is 5.60 Å². The van der Waals surface area contributed by atoms with Crippen molar-refractivity contribution in [2.24, 2.45) is 29.1 Å². The molecular formula is C32H35NO2. The van der Waals surface area contributed by atoms with Crippen LogP contribution in [-0.4, -0.2) is 21.5 Å². The van der Waals surface area contributed by atoms with E-state index in [0.717, 1.165) is 61.8 Å². The van der Waals surface area contributed by atoms with E-state index >= 15 is 0 Å². The van der Waals surface area contributed by atoms with Crippen molar-refractivity contribution in [2.75, 3.05) is 0 Å². The summed E-state index contributed by atoms with van der Waals surface area (Å²) in [6, 6.07) is 14.2. The van der Waals surface area contributed by atoms with E-state index in [1.54, 1.807) is 0 Å². The number of aliphatic hydroxyl groups is 1. The fourth-order valence-corrected chi connectivity index (χ4v) is 8.38. The van der Waals surface area contributed by atoms with Crippen LogP contribution in [0.5, 0.6) is 0 Å². The van der Waals surface area contributed by atoms with E-state index in [4.69, 9.17) is 0 Å². The normalized spacial score (nSPS) is 35.7. The first-order valence-electron chi connectivity index (χ1n) is 13.5. The fraction of sp³-hybridized carbons (Fsp3) is 0.500. The Bertz CT molecular complexity index is 1220. The molecule has 6 atom stereocenters. The Morgan fingerprint density at radius 3 is 2.71 bits per heavy atom. The quantitative estimate of drug-likeness (QED) is 0.525. The molecule has 0 aliphatic heterocycles. The Kier molecular flexibility index (Phi) is 5.69. The van der Waals surface area contributed by atoms with Crippen LogP contribution in [0.1, 0.15) is 70.3 Å². The van der Waals surface area contributed by atoms with Gasteiger partial charge in [-0.05, 0) is 93.2 Å². The van der Waals surface area contributed by atoms with Crippen molar-refractivity contribution in [3.05, 3.63) is 65.9 Å². The number of fused-ring (bicyclic) bond motifs is 5. The van der Waals surface area contributed by atoms with Crippen LogP contribution in [0.2, 0.25) is 0 Å². The van der Waals surface area contributed by atoms with E-state index in [0.29, 0.717) is 35.9 Å². The van der Waals surface area contributed by atoms with Crippen LogP contribution in [0.3, 0.4) is 0 Å². The molecule has 0 amide bonds. The summed E-state index contributed by atoms with van der Waals surface area (Å²) >= 11 is 0. The zero-order valence-corrected chi connectivity index (χ0v) is 20.7. The lowest BCUT2D eigenvalue weighted by atomic mass is 9.49. The molecule has 0 saturated heterocycles. The monoisotopic (exact) mass is 465 g/mol. The van der Waals surface area contributed by atoms with Crippen molar-refractivity contribution in [2.45, 2.75) is 70.3 Å². The summed E-state index contributed by atoms with van der Waals surface area (Å²) in [6.07, 6.45) is 12.8. The van der Waals surface area contributed by atoms with Crippen molar-refractivity contribution in [1.29, 1.82) is 0 Å². The summed E-state index contributed by atoms with van der Waals surface area (Å²) in [5, 5.41) is 12.1. The first-order chi connectivity index (χ1) is 17.0. The lowest BCUT2D eigenvalue weighted by molar-refractivity contribution is -0.117. The standard InChI is InChI=1S/C32H35NO2/c1-2-31-16-13-27-26-11-9-25(34)21-24(26)8-10-28(27)29(31)14-18-32(31,35)17-12-22-15-19-33-30(20-22)23-6-4-3-5-7-23/h3-7,15,19-21,26-29,35H,2,8-11,13-14,16,18H2,1H3/t26?,27?,28?,29?,31-,32-/m0/s1. The largest absolute Gasteiger partial charge is 0.377 e. The number of benzene rings is 1. The summed E-state index contributed by atoms with van der Waals surface area (Å²) in [4.78, 5) is 16.5. The molecule has 1 heterocycles. The highest BCUT2D eigenvalue weighted by molar-refractivity contribution is 5.91. The van der Waals surface area contributed by atoms with Gasteiger partial charge in [0.05, 0.1) is 5.69 Å². The van der Waals surface area contributed by atoms with Gasteiger partial charge in [-0.2, -0.15) is 0 Å². The Hall–Kier alpha value is -2.70. The molecule has 4 unspecified atom stereocenters. The molecule has 4 aliphatic rings. The first-order valence-corrected chi connectivity index (χ1v) is 13.5. The van der Waals surface area contributed by atoms with Gasteiger partial charge in [0.2, 0.25) is 0 Å². The molecule has 3 heteroatoms. The van der Waals surface area contributed by atoms with Crippen LogP contribution in [0.15, 0.2) is 60.3 Å². The van der Waals surface area contributed by atoms with Crippen molar-refractivity contribution >= 4 is 5.78 Å². The van der Waals surface area contributed by atoms with E-state index in [1.807, 2.05) is 42.6 Å². The van der Waals surface area contributed by atoms with Gasteiger partial charge in [-0.15, -0.1) is 0 Å². The highest BCUT2D eigenvalue weighted by Crippen LogP contribution is 2.66. The van der Waals surface area contributed by atoms with E-state index in [1.165, 1.54) is 12.0 Å². The minimum absolute atomic E-state index is 0.123. The second kappa shape index (κ2) is 8.75. The molecule has 3 fully saturated rings. The van der Waals surface area contributed by atoms with Gasteiger partial charge in [-0.1, -0.05) is 54.7 Å². The molecule has 1 aromatic heterocycles. The molecule has 35 heavy (non-hydrogen) atoms. The van der Waals surface area contributed by atoms with Crippen molar-refractivity contribution in [3.63, 3.8) is 0 Å². The average Bonchev–Trinajstić information content (AvgIpc) is 3.21. The first kappa shape index (κ1) is 22.7. The van der Waals surface area contributed by atoms with Gasteiger partial charge in [-0.25, -0.2) is 0 Å². The van der Waals surface area contributed by atoms with E-state index in [-0.39, 0.29) is 5.41 Å². The highest BCUT2D eigenvalue weighted by atomic mass is 16.3. The van der Waals surface area contributed by atoms with Gasteiger partial charge in [0.25, 0.3) is 0 Å². The molecule has 0 spiro atoms. The second-order valence-electron chi connectivity index (χ2n) is 11.3. The number of hydrogen-bond acceptors (Lipinski definition) is 3. The summed E-state index contributed by atoms with van der Waals surface area (Å²) in [7, 11) is 0. The third-order valence-electron chi connectivity index (χ3n) is 10.0. The molecule has 6 rings (SSSR count). The van der Waals surface area contributed by atoms with Crippen LogP contribution in [-0.2, 0) is 4.79 Å². The molecule has 3 saturated carbocycles. The summed E-state index contributed by atoms with van der Waals surface area (Å²) in [5.74, 6) is 9.57. The molecule has 0 bridgehead atoms. The fourth-order valence-electron chi connectivity index (χ4n) is 8.38. The van der Waals surface area contributed by atoms with Gasteiger partial charge < -0.3 is 5.11 Å². The lowest BCUT2D eigenvalue weighted by Crippen LogP contribution is -2.53. The van der Waals surface area contributed by atoms with E-state index in [9.17, 15) is 9.90 Å². The molecule has 3 nitrogen and oxygen atoms in total. The predicted octanol–water partition coefficient (Wildman–Crippen LogP) is 6.36. The lowest BCUT2D eigenvalue weighted by Gasteiger charge is -2.56. The van der Waals surface area contributed by atoms with Crippen LogP contribution < -0.4 is 0 Å². The molecule has 4 aliphatic carbocycles. The number of carbonyl (C=O) groups is 1. The maximum Gasteiger partial charge on any atom is 0.155 e. The number of allylic oxidation sites excluding steroid dienone is 1. The maximum atomic E-state index is 12.1. The molecule has 2 aromatic rings. The zero-order valence-electron chi connectivity index (χ0n) is 20.7. The summed E-state index contributed by atoms with van der Waals surface area (Å²) in [5.41, 5.74) is 3.26. The molecule has 180 valence electrons. The number of pyridine rings is 1. The predicted molar refractivity (Wildman–Crippen MR) is 138 cm³/mol. The number of hydrogen-bond donors (Lipinski definition) is 1. The van der Waals surface area contributed by atoms with Crippen LogP contribution in [0.25, 0.3) is 11.3 Å². The minimum Gasteiger partial charge on any atom is -0.377 e. The summed E-state index contributed by atoms with van der Waals surface area (Å²) in [6.45, 7) is 2.26. The Balaban J connectivity index is 1.28. The highest BCUT2D eigenvalue weighted by Gasteiger charge is 2.63. The van der Waals surface area contributed by atoms with Gasteiger partial charge in [0, 0.05) is 29.2 Å². The molecule has 1 aromatic carbocycles. The van der Waals surface area contributed by atoms with Crippen LogP contribution in [0.4, 0.5) is 0 Å². The van der Waals surface area contributed by atoms with Crippen molar-refractivity contribution in [1.82, 2.24) is 4.98 Å². The number of rotatable bonds is 2. The summed E-state index contributed by atoms with van der Waals surface area (Å²) < 4.78 is 0. The second-order valence-corrected chi connectivity index (χ2v) is 11.3. The third-order valence-corrected chi connectivity index (χ3v) is 10.0. The Morgan fingerprint density at radius 1 is 1.03 bits per heavy atom.